The Morgan fingerprint density at radius 1 is 1.37 bits per heavy atom. The van der Waals surface area contributed by atoms with Crippen LogP contribution in [0.15, 0.2) is 24.3 Å². The fraction of sp³-hybridized carbons (Fsp3) is 0.533. The van der Waals surface area contributed by atoms with E-state index in [1.807, 2.05) is 17.9 Å². The summed E-state index contributed by atoms with van der Waals surface area (Å²) in [5.41, 5.74) is 0.961. The molecule has 1 heterocycles. The third-order valence-corrected chi connectivity index (χ3v) is 5.31. The van der Waals surface area contributed by atoms with Crippen molar-refractivity contribution in [1.82, 2.24) is 4.90 Å². The van der Waals surface area contributed by atoms with E-state index < -0.39 is 0 Å². The van der Waals surface area contributed by atoms with Gasteiger partial charge in [0.25, 0.3) is 0 Å². The van der Waals surface area contributed by atoms with E-state index in [-0.39, 0.29) is 22.2 Å². The largest absolute Gasteiger partial charge is 0.339 e. The summed E-state index contributed by atoms with van der Waals surface area (Å²) in [5, 5.41) is 0.211. The average Bonchev–Trinajstić information content (AvgIpc) is 3.16. The van der Waals surface area contributed by atoms with E-state index in [1.54, 1.807) is 23.9 Å². The molecule has 1 saturated carbocycles. The second-order valence-corrected chi connectivity index (χ2v) is 6.92. The highest BCUT2D eigenvalue weighted by Gasteiger charge is 2.41. The van der Waals surface area contributed by atoms with Crippen molar-refractivity contribution >= 4 is 17.7 Å². The minimum absolute atomic E-state index is 0.0545. The molecular formula is C15H18FNOS. The standard InChI is InChI=1S/C15H18FNOS/c1-10(11-3-2-4-12(16)9-11)19-14-7-8-17(15(14)18)13-5-6-13/h2-4,9-10,13-14H,5-8H2,1H3. The lowest BCUT2D eigenvalue weighted by Gasteiger charge is -2.18. The molecule has 3 rings (SSSR count). The number of nitrogens with zero attached hydrogens (tertiary/aromatic N) is 1. The summed E-state index contributed by atoms with van der Waals surface area (Å²) in [4.78, 5) is 14.3. The minimum Gasteiger partial charge on any atom is -0.339 e. The van der Waals surface area contributed by atoms with Crippen molar-refractivity contribution in [2.45, 2.75) is 42.7 Å². The quantitative estimate of drug-likeness (QED) is 0.842. The number of thioether (sulfide) groups is 1. The first-order valence-corrected chi connectivity index (χ1v) is 7.81. The highest BCUT2D eigenvalue weighted by Crippen LogP contribution is 2.39. The Labute approximate surface area is 117 Å². The molecule has 1 aliphatic carbocycles. The number of hydrogen-bond donors (Lipinski definition) is 0. The molecule has 2 atom stereocenters. The Morgan fingerprint density at radius 3 is 2.84 bits per heavy atom. The maximum atomic E-state index is 13.2. The monoisotopic (exact) mass is 279 g/mol. The van der Waals surface area contributed by atoms with E-state index in [0.29, 0.717) is 6.04 Å². The molecule has 0 N–H and O–H groups in total. The fourth-order valence-corrected chi connectivity index (χ4v) is 3.92. The maximum Gasteiger partial charge on any atom is 0.236 e. The van der Waals surface area contributed by atoms with Gasteiger partial charge >= 0.3 is 0 Å². The van der Waals surface area contributed by atoms with Crippen LogP contribution >= 0.6 is 11.8 Å². The molecule has 2 unspecified atom stereocenters. The van der Waals surface area contributed by atoms with Gasteiger partial charge in [0.05, 0.1) is 5.25 Å². The van der Waals surface area contributed by atoms with Crippen LogP contribution in [0, 0.1) is 5.82 Å². The third-order valence-electron chi connectivity index (χ3n) is 3.86. The molecule has 0 aromatic heterocycles. The first kappa shape index (κ1) is 13.0. The smallest absolute Gasteiger partial charge is 0.236 e. The van der Waals surface area contributed by atoms with E-state index in [9.17, 15) is 9.18 Å². The van der Waals surface area contributed by atoms with Crippen molar-refractivity contribution in [3.8, 4) is 0 Å². The average molecular weight is 279 g/mol. The summed E-state index contributed by atoms with van der Waals surface area (Å²) in [6, 6.07) is 7.20. The molecule has 2 fully saturated rings. The summed E-state index contributed by atoms with van der Waals surface area (Å²) >= 11 is 1.67. The van der Waals surface area contributed by atoms with Crippen molar-refractivity contribution in [2.24, 2.45) is 0 Å². The van der Waals surface area contributed by atoms with Gasteiger partial charge in [-0.05, 0) is 43.9 Å². The predicted octanol–water partition coefficient (Wildman–Crippen LogP) is 3.38. The lowest BCUT2D eigenvalue weighted by molar-refractivity contribution is -0.127. The molecule has 1 amide bonds. The van der Waals surface area contributed by atoms with Crippen LogP contribution in [0.1, 0.15) is 37.0 Å². The molecule has 0 bridgehead atoms. The van der Waals surface area contributed by atoms with E-state index in [1.165, 1.54) is 18.9 Å². The van der Waals surface area contributed by atoms with Gasteiger partial charge in [-0.15, -0.1) is 11.8 Å². The van der Waals surface area contributed by atoms with Gasteiger partial charge in [-0.2, -0.15) is 0 Å². The lowest BCUT2D eigenvalue weighted by atomic mass is 10.2. The summed E-state index contributed by atoms with van der Waals surface area (Å²) in [7, 11) is 0. The molecule has 1 aliphatic heterocycles. The Morgan fingerprint density at radius 2 is 2.16 bits per heavy atom. The van der Waals surface area contributed by atoms with E-state index in [4.69, 9.17) is 0 Å². The Balaban J connectivity index is 1.63. The summed E-state index contributed by atoms with van der Waals surface area (Å²) in [5.74, 6) is 0.0815. The number of amides is 1. The fourth-order valence-electron chi connectivity index (χ4n) is 2.63. The number of carbonyl (C=O) groups is 1. The number of carbonyl (C=O) groups excluding carboxylic acids is 1. The van der Waals surface area contributed by atoms with Crippen LogP contribution in [0.5, 0.6) is 0 Å². The molecule has 102 valence electrons. The lowest BCUT2D eigenvalue weighted by Crippen LogP contribution is -2.30. The summed E-state index contributed by atoms with van der Waals surface area (Å²) in [6.07, 6.45) is 3.27. The molecule has 19 heavy (non-hydrogen) atoms. The molecule has 0 radical (unpaired) electrons. The highest BCUT2D eigenvalue weighted by molar-refractivity contribution is 8.00. The van der Waals surface area contributed by atoms with E-state index in [0.717, 1.165) is 18.5 Å². The van der Waals surface area contributed by atoms with Crippen molar-refractivity contribution in [3.05, 3.63) is 35.6 Å². The van der Waals surface area contributed by atoms with Crippen LogP contribution in [0.25, 0.3) is 0 Å². The van der Waals surface area contributed by atoms with Crippen LogP contribution < -0.4 is 0 Å². The van der Waals surface area contributed by atoms with Crippen molar-refractivity contribution in [1.29, 1.82) is 0 Å². The summed E-state index contributed by atoms with van der Waals surface area (Å²) < 4.78 is 13.2. The highest BCUT2D eigenvalue weighted by atomic mass is 32.2. The second kappa shape index (κ2) is 5.16. The number of benzene rings is 1. The van der Waals surface area contributed by atoms with Gasteiger partial charge < -0.3 is 4.90 Å². The van der Waals surface area contributed by atoms with Gasteiger partial charge in [0.2, 0.25) is 5.91 Å². The molecule has 1 aromatic carbocycles. The Bertz CT molecular complexity index is 489. The SMILES string of the molecule is CC(SC1CCN(C2CC2)C1=O)c1cccc(F)c1. The summed E-state index contributed by atoms with van der Waals surface area (Å²) in [6.45, 7) is 2.95. The zero-order chi connectivity index (χ0) is 13.4. The second-order valence-electron chi connectivity index (χ2n) is 5.37. The van der Waals surface area contributed by atoms with E-state index in [2.05, 4.69) is 0 Å². The normalized spacial score (nSPS) is 24.8. The van der Waals surface area contributed by atoms with Crippen LogP contribution in [-0.2, 0) is 4.79 Å². The van der Waals surface area contributed by atoms with Gasteiger partial charge in [-0.25, -0.2) is 4.39 Å². The van der Waals surface area contributed by atoms with Crippen LogP contribution in [0.4, 0.5) is 4.39 Å². The van der Waals surface area contributed by atoms with Crippen LogP contribution in [0.3, 0.4) is 0 Å². The third kappa shape index (κ3) is 2.78. The first-order valence-electron chi connectivity index (χ1n) is 6.86. The van der Waals surface area contributed by atoms with Gasteiger partial charge in [0, 0.05) is 17.8 Å². The topological polar surface area (TPSA) is 20.3 Å². The van der Waals surface area contributed by atoms with Gasteiger partial charge in [0.1, 0.15) is 5.82 Å². The Kier molecular flexibility index (Phi) is 3.52. The molecule has 2 aliphatic rings. The number of likely N-dealkylation sites (tertiary alicyclic amines) is 1. The maximum absolute atomic E-state index is 13.2. The Hall–Kier alpha value is -1.03. The molecule has 1 aromatic rings. The molecular weight excluding hydrogens is 261 g/mol. The number of halogens is 1. The predicted molar refractivity (Wildman–Crippen MR) is 75.5 cm³/mol. The molecule has 2 nitrogen and oxygen atoms in total. The minimum atomic E-state index is -0.206. The van der Waals surface area contributed by atoms with Crippen molar-refractivity contribution in [2.75, 3.05) is 6.54 Å². The van der Waals surface area contributed by atoms with E-state index >= 15 is 0 Å². The van der Waals surface area contributed by atoms with Gasteiger partial charge in [0.15, 0.2) is 0 Å². The van der Waals surface area contributed by atoms with Crippen molar-refractivity contribution < 1.29 is 9.18 Å². The van der Waals surface area contributed by atoms with Crippen LogP contribution in [0.2, 0.25) is 0 Å². The number of hydrogen-bond acceptors (Lipinski definition) is 2. The van der Waals surface area contributed by atoms with Gasteiger partial charge in [-0.3, -0.25) is 4.79 Å². The zero-order valence-electron chi connectivity index (χ0n) is 11.0. The first-order chi connectivity index (χ1) is 9.15. The zero-order valence-corrected chi connectivity index (χ0v) is 11.8. The molecule has 4 heteroatoms. The number of rotatable bonds is 4. The molecule has 0 spiro atoms. The molecule has 1 saturated heterocycles. The van der Waals surface area contributed by atoms with Crippen molar-refractivity contribution in [3.63, 3.8) is 0 Å². The van der Waals surface area contributed by atoms with Gasteiger partial charge in [-0.1, -0.05) is 12.1 Å². The van der Waals surface area contributed by atoms with Crippen LogP contribution in [-0.4, -0.2) is 28.6 Å².